The van der Waals surface area contributed by atoms with Crippen molar-refractivity contribution < 1.29 is 19.1 Å². The minimum absolute atomic E-state index is 0.138. The van der Waals surface area contributed by atoms with Crippen molar-refractivity contribution in [2.45, 2.75) is 6.92 Å². The molecule has 3 rings (SSSR count). The number of esters is 1. The van der Waals surface area contributed by atoms with Crippen LogP contribution < -0.4 is 10.6 Å². The number of urea groups is 1. The first-order chi connectivity index (χ1) is 15.0. The molecule has 2 aromatic carbocycles. The Hall–Kier alpha value is -3.71. The van der Waals surface area contributed by atoms with Crippen molar-refractivity contribution in [3.05, 3.63) is 83.2 Å². The van der Waals surface area contributed by atoms with Crippen LogP contribution in [-0.4, -0.2) is 30.9 Å². The summed E-state index contributed by atoms with van der Waals surface area (Å²) in [5.74, 6) is -0.646. The van der Waals surface area contributed by atoms with Gasteiger partial charge in [0, 0.05) is 16.1 Å². The van der Waals surface area contributed by atoms with Crippen molar-refractivity contribution in [1.29, 1.82) is 0 Å². The van der Waals surface area contributed by atoms with Crippen LogP contribution >= 0.6 is 11.3 Å². The fourth-order valence-corrected chi connectivity index (χ4v) is 3.46. The number of carbonyl (C=O) groups is 3. The Balaban J connectivity index is 1.52. The molecule has 0 spiro atoms. The summed E-state index contributed by atoms with van der Waals surface area (Å²) in [6, 6.07) is 18.1. The van der Waals surface area contributed by atoms with Gasteiger partial charge in [-0.3, -0.25) is 9.59 Å². The molecule has 0 bridgehead atoms. The SMILES string of the molecule is CCOC(=O)CNC(=O)Nc1ccc(C(=O)/C=C/c2ccc(-c3cccs3)cc2)cc1. The standard InChI is InChI=1S/C24H22N2O4S/c1-2-30-23(28)16-25-24(29)26-20-12-10-18(11-13-20)21(27)14-7-17-5-8-19(9-6-17)22-4-3-15-31-22/h3-15H,2,16H2,1H3,(H2,25,26,29)/b14-7+. The molecular formula is C24H22N2O4S. The van der Waals surface area contributed by atoms with Gasteiger partial charge in [-0.1, -0.05) is 36.4 Å². The Morgan fingerprint density at radius 2 is 1.74 bits per heavy atom. The fraction of sp³-hybridized carbons (Fsp3) is 0.125. The molecule has 1 heterocycles. The first-order valence-corrected chi connectivity index (χ1v) is 10.6. The molecule has 2 N–H and O–H groups in total. The van der Waals surface area contributed by atoms with Gasteiger partial charge in [0.25, 0.3) is 0 Å². The molecule has 7 heteroatoms. The van der Waals surface area contributed by atoms with Crippen LogP contribution in [0.5, 0.6) is 0 Å². The lowest BCUT2D eigenvalue weighted by molar-refractivity contribution is -0.141. The molecule has 0 aliphatic carbocycles. The van der Waals surface area contributed by atoms with E-state index in [4.69, 9.17) is 4.74 Å². The maximum atomic E-state index is 12.4. The third kappa shape index (κ3) is 6.65. The summed E-state index contributed by atoms with van der Waals surface area (Å²) in [7, 11) is 0. The fourth-order valence-electron chi connectivity index (χ4n) is 2.73. The Labute approximate surface area is 184 Å². The highest BCUT2D eigenvalue weighted by Gasteiger charge is 2.07. The number of carbonyl (C=O) groups excluding carboxylic acids is 3. The summed E-state index contributed by atoms with van der Waals surface area (Å²) in [6.07, 6.45) is 3.30. The highest BCUT2D eigenvalue weighted by Crippen LogP contribution is 2.25. The Morgan fingerprint density at radius 3 is 2.39 bits per heavy atom. The minimum atomic E-state index is -0.530. The van der Waals surface area contributed by atoms with E-state index in [1.54, 1.807) is 48.6 Å². The topological polar surface area (TPSA) is 84.5 Å². The molecule has 3 aromatic rings. The van der Waals surface area contributed by atoms with Gasteiger partial charge in [-0.25, -0.2) is 4.79 Å². The Morgan fingerprint density at radius 1 is 1.00 bits per heavy atom. The number of anilines is 1. The number of hydrogen-bond donors (Lipinski definition) is 2. The number of ketones is 1. The second kappa shape index (κ2) is 10.9. The van der Waals surface area contributed by atoms with Gasteiger partial charge in [0.2, 0.25) is 0 Å². The molecule has 0 atom stereocenters. The first kappa shape index (κ1) is 22.0. The van der Waals surface area contributed by atoms with E-state index in [2.05, 4.69) is 16.7 Å². The number of amides is 2. The van der Waals surface area contributed by atoms with Crippen LogP contribution in [0.1, 0.15) is 22.8 Å². The second-order valence-electron chi connectivity index (χ2n) is 6.49. The zero-order valence-electron chi connectivity index (χ0n) is 17.0. The van der Waals surface area contributed by atoms with Gasteiger partial charge in [-0.05, 0) is 59.8 Å². The third-order valence-electron chi connectivity index (χ3n) is 4.27. The van der Waals surface area contributed by atoms with Gasteiger partial charge >= 0.3 is 12.0 Å². The quantitative estimate of drug-likeness (QED) is 0.297. The van der Waals surface area contributed by atoms with Crippen LogP contribution in [0.25, 0.3) is 16.5 Å². The highest BCUT2D eigenvalue weighted by molar-refractivity contribution is 7.13. The zero-order chi connectivity index (χ0) is 22.1. The van der Waals surface area contributed by atoms with E-state index in [0.29, 0.717) is 11.3 Å². The summed E-state index contributed by atoms with van der Waals surface area (Å²) >= 11 is 1.68. The van der Waals surface area contributed by atoms with E-state index in [0.717, 1.165) is 11.1 Å². The molecule has 0 aliphatic rings. The van der Waals surface area contributed by atoms with Gasteiger partial charge in [0.15, 0.2) is 5.78 Å². The van der Waals surface area contributed by atoms with Gasteiger partial charge in [-0.15, -0.1) is 11.3 Å². The van der Waals surface area contributed by atoms with Crippen molar-refractivity contribution in [3.63, 3.8) is 0 Å². The molecule has 6 nitrogen and oxygen atoms in total. The molecule has 31 heavy (non-hydrogen) atoms. The van der Waals surface area contributed by atoms with Gasteiger partial charge in [-0.2, -0.15) is 0 Å². The van der Waals surface area contributed by atoms with E-state index < -0.39 is 12.0 Å². The molecule has 0 unspecified atom stereocenters. The molecule has 0 aliphatic heterocycles. The van der Waals surface area contributed by atoms with E-state index in [1.165, 1.54) is 11.0 Å². The molecule has 1 aromatic heterocycles. The van der Waals surface area contributed by atoms with Crippen molar-refractivity contribution in [1.82, 2.24) is 5.32 Å². The average Bonchev–Trinajstić information content (AvgIpc) is 3.32. The second-order valence-corrected chi connectivity index (χ2v) is 7.43. The molecule has 2 amide bonds. The number of ether oxygens (including phenoxy) is 1. The summed E-state index contributed by atoms with van der Waals surface area (Å²) in [6.45, 7) is 1.74. The Bertz CT molecular complexity index is 1060. The summed E-state index contributed by atoms with van der Waals surface area (Å²) < 4.78 is 4.74. The van der Waals surface area contributed by atoms with Crippen LogP contribution in [0.3, 0.4) is 0 Å². The number of hydrogen-bond acceptors (Lipinski definition) is 5. The highest BCUT2D eigenvalue weighted by atomic mass is 32.1. The zero-order valence-corrected chi connectivity index (χ0v) is 17.8. The number of nitrogens with one attached hydrogen (secondary N) is 2. The number of benzene rings is 2. The molecular weight excluding hydrogens is 412 g/mol. The smallest absolute Gasteiger partial charge is 0.325 e. The number of thiophene rings is 1. The van der Waals surface area contributed by atoms with Crippen LogP contribution in [0.2, 0.25) is 0 Å². The average molecular weight is 435 g/mol. The van der Waals surface area contributed by atoms with Crippen LogP contribution in [0, 0.1) is 0 Å². The van der Waals surface area contributed by atoms with Gasteiger partial charge in [0.05, 0.1) is 6.61 Å². The molecule has 0 radical (unpaired) electrons. The van der Waals surface area contributed by atoms with Crippen molar-refractivity contribution in [2.75, 3.05) is 18.5 Å². The number of rotatable bonds is 8. The van der Waals surface area contributed by atoms with Gasteiger partial charge in [0.1, 0.15) is 6.54 Å². The van der Waals surface area contributed by atoms with Crippen molar-refractivity contribution >= 4 is 40.9 Å². The van der Waals surface area contributed by atoms with Gasteiger partial charge < -0.3 is 15.4 Å². The van der Waals surface area contributed by atoms with Crippen LogP contribution in [0.4, 0.5) is 10.5 Å². The minimum Gasteiger partial charge on any atom is -0.465 e. The third-order valence-corrected chi connectivity index (χ3v) is 5.19. The molecule has 0 saturated carbocycles. The lowest BCUT2D eigenvalue weighted by Crippen LogP contribution is -2.34. The van der Waals surface area contributed by atoms with E-state index in [-0.39, 0.29) is 18.9 Å². The van der Waals surface area contributed by atoms with E-state index in [1.807, 2.05) is 35.7 Å². The lowest BCUT2D eigenvalue weighted by Gasteiger charge is -2.07. The van der Waals surface area contributed by atoms with Crippen molar-refractivity contribution in [2.24, 2.45) is 0 Å². The molecule has 158 valence electrons. The summed E-state index contributed by atoms with van der Waals surface area (Å²) in [5.41, 5.74) is 3.09. The summed E-state index contributed by atoms with van der Waals surface area (Å²) in [5, 5.41) is 7.04. The maximum Gasteiger partial charge on any atom is 0.325 e. The predicted octanol–water partition coefficient (Wildman–Crippen LogP) is 5.00. The predicted molar refractivity (Wildman–Crippen MR) is 123 cm³/mol. The lowest BCUT2D eigenvalue weighted by atomic mass is 10.1. The van der Waals surface area contributed by atoms with Crippen LogP contribution in [-0.2, 0) is 9.53 Å². The van der Waals surface area contributed by atoms with E-state index >= 15 is 0 Å². The monoisotopic (exact) mass is 434 g/mol. The van der Waals surface area contributed by atoms with E-state index in [9.17, 15) is 14.4 Å². The molecule has 0 fully saturated rings. The normalized spacial score (nSPS) is 10.6. The Kier molecular flexibility index (Phi) is 7.73. The number of allylic oxidation sites excluding steroid dienone is 1. The summed E-state index contributed by atoms with van der Waals surface area (Å²) in [4.78, 5) is 36.6. The first-order valence-electron chi connectivity index (χ1n) is 9.72. The maximum absolute atomic E-state index is 12.4. The largest absolute Gasteiger partial charge is 0.465 e. The molecule has 0 saturated heterocycles. The van der Waals surface area contributed by atoms with Crippen molar-refractivity contribution in [3.8, 4) is 10.4 Å². The van der Waals surface area contributed by atoms with Crippen LogP contribution in [0.15, 0.2) is 72.1 Å².